The van der Waals surface area contributed by atoms with E-state index in [9.17, 15) is 13.6 Å². The van der Waals surface area contributed by atoms with Crippen molar-refractivity contribution in [1.29, 1.82) is 0 Å². The van der Waals surface area contributed by atoms with E-state index in [0.29, 0.717) is 0 Å². The number of carbonyl (C=O) groups excluding carboxylic acids is 1. The summed E-state index contributed by atoms with van der Waals surface area (Å²) in [4.78, 5) is 10.8. The molecule has 0 saturated heterocycles. The molecular weight excluding hydrogens is 230 g/mol. The molecule has 0 spiro atoms. The van der Waals surface area contributed by atoms with Crippen LogP contribution < -0.4 is 0 Å². The second-order valence-corrected chi connectivity index (χ2v) is 3.13. The summed E-state index contributed by atoms with van der Waals surface area (Å²) >= 11 is 2.95. The normalized spacial score (nSPS) is 10.0. The van der Waals surface area contributed by atoms with E-state index in [1.165, 1.54) is 13.0 Å². The van der Waals surface area contributed by atoms with Crippen LogP contribution in [0.2, 0.25) is 0 Å². The SMILES string of the molecule is CC(=O)c1c(Br)ccc(F)c1F. The molecule has 1 aromatic carbocycles. The van der Waals surface area contributed by atoms with Crippen molar-refractivity contribution >= 4 is 21.7 Å². The molecule has 1 nitrogen and oxygen atoms in total. The topological polar surface area (TPSA) is 17.1 Å². The van der Waals surface area contributed by atoms with E-state index in [1.807, 2.05) is 0 Å². The molecule has 0 aliphatic rings. The molecule has 1 aromatic rings. The van der Waals surface area contributed by atoms with Gasteiger partial charge in [-0.15, -0.1) is 0 Å². The molecule has 1 rings (SSSR count). The fourth-order valence-corrected chi connectivity index (χ4v) is 1.44. The highest BCUT2D eigenvalue weighted by Gasteiger charge is 2.15. The van der Waals surface area contributed by atoms with Crippen LogP contribution in [0.3, 0.4) is 0 Å². The lowest BCUT2D eigenvalue weighted by Crippen LogP contribution is -2.00. The van der Waals surface area contributed by atoms with Crippen molar-refractivity contribution in [2.24, 2.45) is 0 Å². The third-order valence-corrected chi connectivity index (χ3v) is 2.06. The molecule has 0 radical (unpaired) electrons. The van der Waals surface area contributed by atoms with Gasteiger partial charge in [0, 0.05) is 4.47 Å². The summed E-state index contributed by atoms with van der Waals surface area (Å²) in [7, 11) is 0. The largest absolute Gasteiger partial charge is 0.294 e. The number of carbonyl (C=O) groups is 1. The number of halogens is 3. The Balaban J connectivity index is 3.43. The average molecular weight is 235 g/mol. The Morgan fingerprint density at radius 2 is 2.00 bits per heavy atom. The molecule has 0 heterocycles. The van der Waals surface area contributed by atoms with Gasteiger partial charge >= 0.3 is 0 Å². The zero-order valence-corrected chi connectivity index (χ0v) is 7.78. The molecule has 0 N–H and O–H groups in total. The highest BCUT2D eigenvalue weighted by atomic mass is 79.9. The summed E-state index contributed by atoms with van der Waals surface area (Å²) < 4.78 is 25.7. The lowest BCUT2D eigenvalue weighted by molar-refractivity contribution is 0.101. The molecule has 0 aliphatic heterocycles. The van der Waals surface area contributed by atoms with Gasteiger partial charge < -0.3 is 0 Å². The maximum atomic E-state index is 12.9. The maximum absolute atomic E-state index is 12.9. The summed E-state index contributed by atoms with van der Waals surface area (Å²) in [5.74, 6) is -2.61. The van der Waals surface area contributed by atoms with Gasteiger partial charge in [-0.2, -0.15) is 0 Å². The van der Waals surface area contributed by atoms with Crippen LogP contribution in [-0.2, 0) is 0 Å². The lowest BCUT2D eigenvalue weighted by atomic mass is 10.1. The van der Waals surface area contributed by atoms with Gasteiger partial charge in [0.1, 0.15) is 0 Å². The van der Waals surface area contributed by atoms with Crippen LogP contribution in [0, 0.1) is 11.6 Å². The Labute approximate surface area is 76.5 Å². The highest BCUT2D eigenvalue weighted by molar-refractivity contribution is 9.10. The van der Waals surface area contributed by atoms with Crippen molar-refractivity contribution in [3.63, 3.8) is 0 Å². The Kier molecular flexibility index (Phi) is 2.57. The fraction of sp³-hybridized carbons (Fsp3) is 0.125. The Morgan fingerprint density at radius 3 is 2.42 bits per heavy atom. The maximum Gasteiger partial charge on any atom is 0.170 e. The van der Waals surface area contributed by atoms with E-state index in [-0.39, 0.29) is 10.0 Å². The summed E-state index contributed by atoms with van der Waals surface area (Å²) in [5, 5.41) is 0. The van der Waals surface area contributed by atoms with Gasteiger partial charge in [0.2, 0.25) is 0 Å². The lowest BCUT2D eigenvalue weighted by Gasteiger charge is -2.01. The van der Waals surface area contributed by atoms with Gasteiger partial charge in [-0.25, -0.2) is 8.78 Å². The molecule has 0 unspecified atom stereocenters. The molecule has 0 atom stereocenters. The van der Waals surface area contributed by atoms with Gasteiger partial charge in [0.15, 0.2) is 17.4 Å². The van der Waals surface area contributed by atoms with E-state index in [1.54, 1.807) is 0 Å². The van der Waals surface area contributed by atoms with Crippen LogP contribution >= 0.6 is 15.9 Å². The number of benzene rings is 1. The molecular formula is C8H5BrF2O. The van der Waals surface area contributed by atoms with Crippen LogP contribution in [0.25, 0.3) is 0 Å². The van der Waals surface area contributed by atoms with Gasteiger partial charge in [0.25, 0.3) is 0 Å². The zero-order valence-electron chi connectivity index (χ0n) is 6.20. The summed E-state index contributed by atoms with van der Waals surface area (Å²) in [6.45, 7) is 1.18. The standard InChI is InChI=1S/C8H5BrF2O/c1-4(12)7-5(9)2-3-6(10)8(7)11/h2-3H,1H3. The molecule has 0 fully saturated rings. The monoisotopic (exact) mass is 234 g/mol. The third kappa shape index (κ3) is 1.53. The van der Waals surface area contributed by atoms with E-state index < -0.39 is 17.4 Å². The molecule has 64 valence electrons. The van der Waals surface area contributed by atoms with Crippen molar-refractivity contribution < 1.29 is 13.6 Å². The number of ketones is 1. The second kappa shape index (κ2) is 3.31. The van der Waals surface area contributed by atoms with Crippen LogP contribution in [0.15, 0.2) is 16.6 Å². The Hall–Kier alpha value is -0.770. The summed E-state index contributed by atoms with van der Waals surface area (Å²) in [6, 6.07) is 2.26. The van der Waals surface area contributed by atoms with E-state index in [0.717, 1.165) is 6.07 Å². The van der Waals surface area contributed by atoms with Crippen LogP contribution in [-0.4, -0.2) is 5.78 Å². The van der Waals surface area contributed by atoms with Gasteiger partial charge in [-0.05, 0) is 35.0 Å². The van der Waals surface area contributed by atoms with Gasteiger partial charge in [0.05, 0.1) is 5.56 Å². The van der Waals surface area contributed by atoms with Crippen molar-refractivity contribution in [1.82, 2.24) is 0 Å². The van der Waals surface area contributed by atoms with Crippen molar-refractivity contribution in [2.45, 2.75) is 6.92 Å². The first-order valence-corrected chi connectivity index (χ1v) is 3.97. The summed E-state index contributed by atoms with van der Waals surface area (Å²) in [6.07, 6.45) is 0. The fourth-order valence-electron chi connectivity index (χ4n) is 0.850. The first-order valence-electron chi connectivity index (χ1n) is 3.18. The van der Waals surface area contributed by atoms with E-state index in [4.69, 9.17) is 0 Å². The molecule has 0 saturated carbocycles. The molecule has 12 heavy (non-hydrogen) atoms. The Bertz CT molecular complexity index is 336. The molecule has 4 heteroatoms. The van der Waals surface area contributed by atoms with Crippen LogP contribution in [0.4, 0.5) is 8.78 Å². The number of Topliss-reactive ketones (excluding diaryl/α,β-unsaturated/α-hetero) is 1. The number of rotatable bonds is 1. The van der Waals surface area contributed by atoms with Crippen LogP contribution in [0.5, 0.6) is 0 Å². The van der Waals surface area contributed by atoms with Crippen molar-refractivity contribution in [3.05, 3.63) is 33.8 Å². The third-order valence-electron chi connectivity index (χ3n) is 1.40. The van der Waals surface area contributed by atoms with Gasteiger partial charge in [-0.3, -0.25) is 4.79 Å². The number of hydrogen-bond donors (Lipinski definition) is 0. The second-order valence-electron chi connectivity index (χ2n) is 2.27. The van der Waals surface area contributed by atoms with E-state index >= 15 is 0 Å². The molecule has 0 amide bonds. The van der Waals surface area contributed by atoms with E-state index in [2.05, 4.69) is 15.9 Å². The predicted molar refractivity (Wildman–Crippen MR) is 44.1 cm³/mol. The highest BCUT2D eigenvalue weighted by Crippen LogP contribution is 2.22. The molecule has 0 aromatic heterocycles. The first-order chi connectivity index (χ1) is 5.54. The van der Waals surface area contributed by atoms with Crippen LogP contribution in [0.1, 0.15) is 17.3 Å². The number of hydrogen-bond acceptors (Lipinski definition) is 1. The minimum Gasteiger partial charge on any atom is -0.294 e. The van der Waals surface area contributed by atoms with Crippen molar-refractivity contribution in [2.75, 3.05) is 0 Å². The average Bonchev–Trinajstić information content (AvgIpc) is 1.97. The minimum atomic E-state index is -1.10. The van der Waals surface area contributed by atoms with Crippen molar-refractivity contribution in [3.8, 4) is 0 Å². The Morgan fingerprint density at radius 1 is 1.42 bits per heavy atom. The quantitative estimate of drug-likeness (QED) is 0.540. The predicted octanol–water partition coefficient (Wildman–Crippen LogP) is 2.93. The minimum absolute atomic E-state index is 0.241. The smallest absolute Gasteiger partial charge is 0.170 e. The first kappa shape index (κ1) is 9.32. The van der Waals surface area contributed by atoms with Gasteiger partial charge in [-0.1, -0.05) is 0 Å². The molecule has 0 bridgehead atoms. The molecule has 0 aliphatic carbocycles. The summed E-state index contributed by atoms with van der Waals surface area (Å²) in [5.41, 5.74) is -0.241. The zero-order chi connectivity index (χ0) is 9.30.